The summed E-state index contributed by atoms with van der Waals surface area (Å²) in [7, 11) is 0. The summed E-state index contributed by atoms with van der Waals surface area (Å²) in [6, 6.07) is 7.23. The smallest absolute Gasteiger partial charge is 0.260 e. The standard InChI is InChI=1S/C17H20N4O3S.ClH/c1-11-15(9-19-24-11)17(23)21-13-4-2-12(3-5-13)20-16(22)8-14-10-25-7-6-18-14;/h2-5,9,14,18H,6-8,10H2,1H3,(H,20,22)(H,21,23);1H. The van der Waals surface area contributed by atoms with Crippen LogP contribution in [0.4, 0.5) is 11.4 Å². The number of carbonyl (C=O) groups is 2. The zero-order valence-electron chi connectivity index (χ0n) is 14.3. The molecular formula is C17H21ClN4O3S. The van der Waals surface area contributed by atoms with Crippen molar-refractivity contribution < 1.29 is 14.1 Å². The van der Waals surface area contributed by atoms with Crippen molar-refractivity contribution in [2.45, 2.75) is 19.4 Å². The number of nitrogens with one attached hydrogen (secondary N) is 3. The third-order valence-corrected chi connectivity index (χ3v) is 4.98. The molecular weight excluding hydrogens is 376 g/mol. The van der Waals surface area contributed by atoms with E-state index in [0.717, 1.165) is 18.1 Å². The third-order valence-electron chi connectivity index (χ3n) is 3.85. The van der Waals surface area contributed by atoms with E-state index in [2.05, 4.69) is 21.1 Å². The molecule has 0 aliphatic carbocycles. The van der Waals surface area contributed by atoms with Crippen LogP contribution in [0.5, 0.6) is 0 Å². The fourth-order valence-electron chi connectivity index (χ4n) is 2.54. The van der Waals surface area contributed by atoms with E-state index in [1.807, 2.05) is 11.8 Å². The molecule has 0 radical (unpaired) electrons. The second kappa shape index (κ2) is 9.61. The van der Waals surface area contributed by atoms with E-state index in [1.165, 1.54) is 6.20 Å². The van der Waals surface area contributed by atoms with Gasteiger partial charge in [-0.15, -0.1) is 12.4 Å². The summed E-state index contributed by atoms with van der Waals surface area (Å²) in [5.74, 6) is 2.23. The molecule has 1 aliphatic rings. The molecule has 7 nitrogen and oxygen atoms in total. The van der Waals surface area contributed by atoms with E-state index in [0.29, 0.717) is 29.1 Å². The average molecular weight is 397 g/mol. The maximum absolute atomic E-state index is 12.1. The van der Waals surface area contributed by atoms with Gasteiger partial charge < -0.3 is 20.5 Å². The van der Waals surface area contributed by atoms with Gasteiger partial charge in [0.2, 0.25) is 5.91 Å². The number of hydrogen-bond donors (Lipinski definition) is 3. The molecule has 0 spiro atoms. The van der Waals surface area contributed by atoms with E-state index < -0.39 is 0 Å². The maximum atomic E-state index is 12.1. The minimum Gasteiger partial charge on any atom is -0.361 e. The SMILES string of the molecule is Cc1oncc1C(=O)Nc1ccc(NC(=O)CC2CSCCN2)cc1.Cl. The van der Waals surface area contributed by atoms with Gasteiger partial charge in [0.25, 0.3) is 5.91 Å². The van der Waals surface area contributed by atoms with Crippen LogP contribution < -0.4 is 16.0 Å². The lowest BCUT2D eigenvalue weighted by molar-refractivity contribution is -0.116. The van der Waals surface area contributed by atoms with Crippen LogP contribution in [0.15, 0.2) is 35.0 Å². The number of hydrogen-bond acceptors (Lipinski definition) is 6. The number of rotatable bonds is 5. The molecule has 26 heavy (non-hydrogen) atoms. The summed E-state index contributed by atoms with van der Waals surface area (Å²) in [5.41, 5.74) is 1.73. The maximum Gasteiger partial charge on any atom is 0.260 e. The first-order valence-electron chi connectivity index (χ1n) is 8.05. The van der Waals surface area contributed by atoms with Gasteiger partial charge in [-0.3, -0.25) is 9.59 Å². The Hall–Kier alpha value is -2.03. The van der Waals surface area contributed by atoms with Crippen LogP contribution in [0.1, 0.15) is 22.5 Å². The van der Waals surface area contributed by atoms with Gasteiger partial charge in [0, 0.05) is 41.9 Å². The van der Waals surface area contributed by atoms with E-state index >= 15 is 0 Å². The summed E-state index contributed by atoms with van der Waals surface area (Å²) in [5, 5.41) is 12.6. The topological polar surface area (TPSA) is 96.3 Å². The zero-order valence-corrected chi connectivity index (χ0v) is 15.9. The second-order valence-electron chi connectivity index (χ2n) is 5.81. The Morgan fingerprint density at radius 1 is 1.27 bits per heavy atom. The minimum atomic E-state index is -0.281. The molecule has 2 amide bonds. The lowest BCUT2D eigenvalue weighted by Crippen LogP contribution is -2.39. The van der Waals surface area contributed by atoms with Crippen LogP contribution in [0.3, 0.4) is 0 Å². The number of nitrogens with zero attached hydrogens (tertiary/aromatic N) is 1. The van der Waals surface area contributed by atoms with Gasteiger partial charge in [-0.2, -0.15) is 11.8 Å². The monoisotopic (exact) mass is 396 g/mol. The van der Waals surface area contributed by atoms with Crippen LogP contribution in [0.2, 0.25) is 0 Å². The number of aryl methyl sites for hydroxylation is 1. The van der Waals surface area contributed by atoms with E-state index in [9.17, 15) is 9.59 Å². The number of benzene rings is 1. The highest BCUT2D eigenvalue weighted by atomic mass is 35.5. The van der Waals surface area contributed by atoms with E-state index in [4.69, 9.17) is 4.52 Å². The molecule has 9 heteroatoms. The summed E-state index contributed by atoms with van der Waals surface area (Å²) >= 11 is 1.86. The van der Waals surface area contributed by atoms with Gasteiger partial charge >= 0.3 is 0 Å². The van der Waals surface area contributed by atoms with E-state index in [1.54, 1.807) is 31.2 Å². The van der Waals surface area contributed by atoms with Crippen molar-refractivity contribution in [1.29, 1.82) is 0 Å². The van der Waals surface area contributed by atoms with Crippen LogP contribution in [0.25, 0.3) is 0 Å². The average Bonchev–Trinajstić information content (AvgIpc) is 3.03. The van der Waals surface area contributed by atoms with Crippen LogP contribution in [-0.2, 0) is 4.79 Å². The van der Waals surface area contributed by atoms with Crippen LogP contribution >= 0.6 is 24.2 Å². The quantitative estimate of drug-likeness (QED) is 0.719. The number of anilines is 2. The Morgan fingerprint density at radius 2 is 1.96 bits per heavy atom. The molecule has 1 aromatic heterocycles. The number of aromatic nitrogens is 1. The minimum absolute atomic E-state index is 0. The molecule has 3 rings (SSSR count). The van der Waals surface area contributed by atoms with Crippen molar-refractivity contribution in [2.24, 2.45) is 0 Å². The van der Waals surface area contributed by atoms with Crippen molar-refractivity contribution in [3.05, 3.63) is 41.8 Å². The van der Waals surface area contributed by atoms with Gasteiger partial charge in [0.1, 0.15) is 11.3 Å². The molecule has 2 heterocycles. The van der Waals surface area contributed by atoms with Gasteiger partial charge in [-0.1, -0.05) is 5.16 Å². The molecule has 1 fully saturated rings. The Morgan fingerprint density at radius 3 is 2.54 bits per heavy atom. The first-order valence-corrected chi connectivity index (χ1v) is 9.21. The Bertz CT molecular complexity index is 745. The van der Waals surface area contributed by atoms with Crippen LogP contribution in [-0.4, -0.2) is 41.1 Å². The molecule has 0 saturated carbocycles. The molecule has 140 valence electrons. The first kappa shape index (κ1) is 20.3. The van der Waals surface area contributed by atoms with Crippen LogP contribution in [0, 0.1) is 6.92 Å². The molecule has 1 atom stereocenters. The Kier molecular flexibility index (Phi) is 7.50. The zero-order chi connectivity index (χ0) is 17.6. The molecule has 0 bridgehead atoms. The molecule has 1 unspecified atom stereocenters. The predicted octanol–water partition coefficient (Wildman–Crippen LogP) is 2.69. The number of halogens is 1. The van der Waals surface area contributed by atoms with E-state index in [-0.39, 0.29) is 30.3 Å². The van der Waals surface area contributed by atoms with Gasteiger partial charge in [-0.25, -0.2) is 0 Å². The van der Waals surface area contributed by atoms with Gasteiger partial charge in [0.05, 0.1) is 6.20 Å². The number of carbonyl (C=O) groups excluding carboxylic acids is 2. The fourth-order valence-corrected chi connectivity index (χ4v) is 3.49. The van der Waals surface area contributed by atoms with Gasteiger partial charge in [-0.05, 0) is 31.2 Å². The predicted molar refractivity (Wildman–Crippen MR) is 105 cm³/mol. The van der Waals surface area contributed by atoms with Crippen molar-refractivity contribution in [3.63, 3.8) is 0 Å². The fraction of sp³-hybridized carbons (Fsp3) is 0.353. The molecule has 3 N–H and O–H groups in total. The highest BCUT2D eigenvalue weighted by Gasteiger charge is 2.17. The normalized spacial score (nSPS) is 16.4. The molecule has 2 aromatic rings. The van der Waals surface area contributed by atoms with Gasteiger partial charge in [0.15, 0.2) is 0 Å². The largest absolute Gasteiger partial charge is 0.361 e. The molecule has 1 aromatic carbocycles. The highest BCUT2D eigenvalue weighted by Crippen LogP contribution is 2.17. The lowest BCUT2D eigenvalue weighted by atomic mass is 10.2. The molecule has 1 aliphatic heterocycles. The molecule has 1 saturated heterocycles. The summed E-state index contributed by atoms with van der Waals surface area (Å²) in [4.78, 5) is 24.2. The first-order chi connectivity index (χ1) is 12.1. The number of thioether (sulfide) groups is 1. The Labute approximate surface area is 162 Å². The van der Waals surface area contributed by atoms with Crippen molar-refractivity contribution in [1.82, 2.24) is 10.5 Å². The van der Waals surface area contributed by atoms with Crippen molar-refractivity contribution in [2.75, 3.05) is 28.7 Å². The second-order valence-corrected chi connectivity index (χ2v) is 6.96. The summed E-state index contributed by atoms with van der Waals surface area (Å²) < 4.78 is 4.88. The number of amides is 2. The highest BCUT2D eigenvalue weighted by molar-refractivity contribution is 7.99. The van der Waals surface area contributed by atoms with Crippen molar-refractivity contribution in [3.8, 4) is 0 Å². The lowest BCUT2D eigenvalue weighted by Gasteiger charge is -2.22. The Balaban J connectivity index is 0.00000243. The summed E-state index contributed by atoms with van der Waals surface area (Å²) in [6.45, 7) is 2.63. The summed E-state index contributed by atoms with van der Waals surface area (Å²) in [6.07, 6.45) is 1.84. The van der Waals surface area contributed by atoms with Crippen molar-refractivity contribution >= 4 is 47.4 Å². The third kappa shape index (κ3) is 5.48.